The Balaban J connectivity index is 2.08. The maximum Gasteiger partial charge on any atom is 0.255 e. The molecule has 0 aliphatic heterocycles. The Morgan fingerprint density at radius 1 is 1.48 bits per heavy atom. The van der Waals surface area contributed by atoms with Crippen LogP contribution in [-0.4, -0.2) is 27.2 Å². The van der Waals surface area contributed by atoms with Crippen LogP contribution in [0.1, 0.15) is 29.4 Å². The lowest BCUT2D eigenvalue weighted by Crippen LogP contribution is -2.24. The SMILES string of the molecule is CCCNc1ncc(Br)cc1C(=O)NCc1ccn(C)n1. The van der Waals surface area contributed by atoms with Gasteiger partial charge in [-0.3, -0.25) is 9.48 Å². The van der Waals surface area contributed by atoms with E-state index in [4.69, 9.17) is 0 Å². The molecule has 7 heteroatoms. The smallest absolute Gasteiger partial charge is 0.255 e. The summed E-state index contributed by atoms with van der Waals surface area (Å²) in [5, 5.41) is 10.2. The summed E-state index contributed by atoms with van der Waals surface area (Å²) in [6, 6.07) is 3.63. The zero-order valence-corrected chi connectivity index (χ0v) is 13.6. The summed E-state index contributed by atoms with van der Waals surface area (Å²) in [4.78, 5) is 16.6. The third-order valence-electron chi connectivity index (χ3n) is 2.84. The Morgan fingerprint density at radius 3 is 2.95 bits per heavy atom. The van der Waals surface area contributed by atoms with Crippen molar-refractivity contribution in [3.05, 3.63) is 40.3 Å². The number of carbonyl (C=O) groups is 1. The third kappa shape index (κ3) is 4.29. The number of rotatable bonds is 6. The average Bonchev–Trinajstić information content (AvgIpc) is 2.89. The van der Waals surface area contributed by atoms with Gasteiger partial charge in [-0.15, -0.1) is 0 Å². The molecule has 0 saturated heterocycles. The number of hydrogen-bond acceptors (Lipinski definition) is 4. The van der Waals surface area contributed by atoms with E-state index >= 15 is 0 Å². The van der Waals surface area contributed by atoms with Gasteiger partial charge in [0, 0.05) is 30.5 Å². The van der Waals surface area contributed by atoms with Crippen LogP contribution < -0.4 is 10.6 Å². The number of hydrogen-bond donors (Lipinski definition) is 2. The third-order valence-corrected chi connectivity index (χ3v) is 3.27. The number of amides is 1. The molecule has 6 nitrogen and oxygen atoms in total. The van der Waals surface area contributed by atoms with Crippen LogP contribution in [0.2, 0.25) is 0 Å². The van der Waals surface area contributed by atoms with E-state index in [2.05, 4.69) is 43.6 Å². The molecule has 2 heterocycles. The van der Waals surface area contributed by atoms with Crippen LogP contribution in [0.3, 0.4) is 0 Å². The van der Waals surface area contributed by atoms with Gasteiger partial charge in [0.25, 0.3) is 5.91 Å². The van der Waals surface area contributed by atoms with Crippen molar-refractivity contribution in [1.29, 1.82) is 0 Å². The first kappa shape index (κ1) is 15.5. The highest BCUT2D eigenvalue weighted by atomic mass is 79.9. The maximum atomic E-state index is 12.3. The number of nitrogens with zero attached hydrogens (tertiary/aromatic N) is 3. The van der Waals surface area contributed by atoms with Crippen molar-refractivity contribution >= 4 is 27.7 Å². The standard InChI is InChI=1S/C14H18BrN5O/c1-3-5-16-13-12(7-10(15)8-17-13)14(21)18-9-11-4-6-20(2)19-11/h4,6-8H,3,5,9H2,1-2H3,(H,16,17)(H,18,21). The fraction of sp³-hybridized carbons (Fsp3) is 0.357. The Bertz CT molecular complexity index is 626. The molecule has 0 bridgehead atoms. The molecule has 0 aliphatic rings. The fourth-order valence-electron chi connectivity index (χ4n) is 1.82. The van der Waals surface area contributed by atoms with Crippen molar-refractivity contribution < 1.29 is 4.79 Å². The first-order chi connectivity index (χ1) is 10.1. The van der Waals surface area contributed by atoms with E-state index in [1.165, 1.54) is 0 Å². The topological polar surface area (TPSA) is 71.8 Å². The van der Waals surface area contributed by atoms with Crippen LogP contribution in [-0.2, 0) is 13.6 Å². The second kappa shape index (κ2) is 7.21. The molecule has 0 aliphatic carbocycles. The van der Waals surface area contributed by atoms with Crippen molar-refractivity contribution in [1.82, 2.24) is 20.1 Å². The van der Waals surface area contributed by atoms with Crippen LogP contribution in [0.4, 0.5) is 5.82 Å². The van der Waals surface area contributed by atoms with Crippen LogP contribution in [0.5, 0.6) is 0 Å². The van der Waals surface area contributed by atoms with Gasteiger partial charge in [0.2, 0.25) is 0 Å². The van der Waals surface area contributed by atoms with E-state index in [1.54, 1.807) is 16.9 Å². The molecule has 2 rings (SSSR count). The first-order valence-electron chi connectivity index (χ1n) is 6.76. The van der Waals surface area contributed by atoms with Gasteiger partial charge >= 0.3 is 0 Å². The van der Waals surface area contributed by atoms with Crippen LogP contribution >= 0.6 is 15.9 Å². The van der Waals surface area contributed by atoms with E-state index in [-0.39, 0.29) is 5.91 Å². The van der Waals surface area contributed by atoms with Crippen LogP contribution in [0.25, 0.3) is 0 Å². The summed E-state index contributed by atoms with van der Waals surface area (Å²) in [5.74, 6) is 0.423. The summed E-state index contributed by atoms with van der Waals surface area (Å²) in [6.45, 7) is 3.22. The van der Waals surface area contributed by atoms with Crippen molar-refractivity contribution in [2.75, 3.05) is 11.9 Å². The molecule has 2 aromatic heterocycles. The maximum absolute atomic E-state index is 12.3. The number of aromatic nitrogens is 3. The number of aryl methyl sites for hydroxylation is 1. The van der Waals surface area contributed by atoms with Gasteiger partial charge in [-0.05, 0) is 34.5 Å². The highest BCUT2D eigenvalue weighted by Crippen LogP contribution is 2.18. The van der Waals surface area contributed by atoms with E-state index in [0.29, 0.717) is 17.9 Å². The molecule has 0 fully saturated rings. The summed E-state index contributed by atoms with van der Waals surface area (Å²) < 4.78 is 2.48. The molecule has 0 unspecified atom stereocenters. The first-order valence-corrected chi connectivity index (χ1v) is 7.55. The molecule has 2 aromatic rings. The van der Waals surface area contributed by atoms with Crippen molar-refractivity contribution in [3.63, 3.8) is 0 Å². The molecular formula is C14H18BrN5O. The van der Waals surface area contributed by atoms with Gasteiger partial charge in [0.15, 0.2) is 0 Å². The second-order valence-electron chi connectivity index (χ2n) is 4.64. The number of pyridine rings is 1. The largest absolute Gasteiger partial charge is 0.369 e. The van der Waals surface area contributed by atoms with E-state index in [9.17, 15) is 4.79 Å². The zero-order valence-electron chi connectivity index (χ0n) is 12.1. The zero-order chi connectivity index (χ0) is 15.2. The molecule has 2 N–H and O–H groups in total. The molecule has 0 saturated carbocycles. The van der Waals surface area contributed by atoms with Gasteiger partial charge in [0.1, 0.15) is 5.82 Å². The summed E-state index contributed by atoms with van der Waals surface area (Å²) in [6.07, 6.45) is 4.48. The van der Waals surface area contributed by atoms with Crippen LogP contribution in [0.15, 0.2) is 29.0 Å². The van der Waals surface area contributed by atoms with Gasteiger partial charge in [0.05, 0.1) is 17.8 Å². The van der Waals surface area contributed by atoms with Crippen molar-refractivity contribution in [2.24, 2.45) is 7.05 Å². The lowest BCUT2D eigenvalue weighted by Gasteiger charge is -2.10. The molecule has 21 heavy (non-hydrogen) atoms. The minimum Gasteiger partial charge on any atom is -0.369 e. The van der Waals surface area contributed by atoms with E-state index < -0.39 is 0 Å². The normalized spacial score (nSPS) is 10.4. The van der Waals surface area contributed by atoms with Crippen molar-refractivity contribution in [3.8, 4) is 0 Å². The quantitative estimate of drug-likeness (QED) is 0.837. The predicted molar refractivity (Wildman–Crippen MR) is 85.1 cm³/mol. The van der Waals surface area contributed by atoms with Gasteiger partial charge in [-0.25, -0.2) is 4.98 Å². The molecule has 0 spiro atoms. The fourth-order valence-corrected chi connectivity index (χ4v) is 2.15. The molecule has 0 aromatic carbocycles. The second-order valence-corrected chi connectivity index (χ2v) is 5.56. The average molecular weight is 352 g/mol. The lowest BCUT2D eigenvalue weighted by atomic mass is 10.2. The highest BCUT2D eigenvalue weighted by molar-refractivity contribution is 9.10. The van der Waals surface area contributed by atoms with E-state index in [0.717, 1.165) is 23.1 Å². The summed E-state index contributed by atoms with van der Waals surface area (Å²) in [7, 11) is 1.84. The monoisotopic (exact) mass is 351 g/mol. The minimum absolute atomic E-state index is 0.173. The molecular weight excluding hydrogens is 334 g/mol. The van der Waals surface area contributed by atoms with Gasteiger partial charge in [-0.1, -0.05) is 6.92 Å². The summed E-state index contributed by atoms with van der Waals surface area (Å²) in [5.41, 5.74) is 1.34. The Labute approximate surface area is 132 Å². The molecule has 0 radical (unpaired) electrons. The Hall–Kier alpha value is -1.89. The number of carbonyl (C=O) groups excluding carboxylic acids is 1. The molecule has 0 atom stereocenters. The number of anilines is 1. The molecule has 112 valence electrons. The Morgan fingerprint density at radius 2 is 2.29 bits per heavy atom. The van der Waals surface area contributed by atoms with Crippen LogP contribution in [0, 0.1) is 0 Å². The van der Waals surface area contributed by atoms with Crippen molar-refractivity contribution in [2.45, 2.75) is 19.9 Å². The summed E-state index contributed by atoms with van der Waals surface area (Å²) >= 11 is 3.35. The minimum atomic E-state index is -0.173. The highest BCUT2D eigenvalue weighted by Gasteiger charge is 2.13. The predicted octanol–water partition coefficient (Wildman–Crippen LogP) is 2.33. The number of halogens is 1. The van der Waals surface area contributed by atoms with Gasteiger partial charge < -0.3 is 10.6 Å². The number of nitrogens with one attached hydrogen (secondary N) is 2. The van der Waals surface area contributed by atoms with E-state index in [1.807, 2.05) is 19.3 Å². The van der Waals surface area contributed by atoms with Gasteiger partial charge in [-0.2, -0.15) is 5.10 Å². The molecule has 1 amide bonds. The lowest BCUT2D eigenvalue weighted by molar-refractivity contribution is 0.0951. The Kier molecular flexibility index (Phi) is 5.32.